The Kier molecular flexibility index (Phi) is 8.91. The number of fused-ring (bicyclic) bond motifs is 1. The first-order valence-corrected chi connectivity index (χ1v) is 11.6. The molecule has 0 fully saturated rings. The van der Waals surface area contributed by atoms with E-state index in [1.165, 1.54) is 7.11 Å². The van der Waals surface area contributed by atoms with Crippen molar-refractivity contribution in [3.8, 4) is 17.2 Å². The first-order chi connectivity index (χ1) is 17.3. The van der Waals surface area contributed by atoms with Crippen molar-refractivity contribution in [3.05, 3.63) is 53.2 Å². The van der Waals surface area contributed by atoms with Gasteiger partial charge in [0.05, 0.1) is 42.0 Å². The topological polar surface area (TPSA) is 153 Å². The molecule has 1 amide bonds. The van der Waals surface area contributed by atoms with Crippen molar-refractivity contribution in [2.24, 2.45) is 0 Å². The number of carbonyl (C=O) groups excluding carboxylic acids is 1. The summed E-state index contributed by atoms with van der Waals surface area (Å²) in [5.74, 6) is -0.198. The number of carboxylic acid groups (broad SMARTS) is 1. The van der Waals surface area contributed by atoms with Crippen LogP contribution in [-0.2, 0) is 0 Å². The maximum absolute atomic E-state index is 12.9. The molecule has 0 aliphatic rings. The van der Waals surface area contributed by atoms with Gasteiger partial charge in [-0.2, -0.15) is 0 Å². The van der Waals surface area contributed by atoms with Crippen LogP contribution in [0.25, 0.3) is 10.9 Å². The number of rotatable bonds is 12. The molecule has 0 radical (unpaired) electrons. The quantitative estimate of drug-likeness (QED) is 0.276. The lowest BCUT2D eigenvalue weighted by Gasteiger charge is -2.20. The molecule has 0 saturated heterocycles. The zero-order chi connectivity index (χ0) is 26.2. The van der Waals surface area contributed by atoms with E-state index in [0.29, 0.717) is 52.3 Å². The summed E-state index contributed by atoms with van der Waals surface area (Å²) in [6.07, 6.45) is 1.04. The molecule has 5 N–H and O–H groups in total. The molecule has 2 aromatic carbocycles. The number of ether oxygens (including phenoxy) is 3. The van der Waals surface area contributed by atoms with Crippen LogP contribution in [-0.4, -0.2) is 60.0 Å². The van der Waals surface area contributed by atoms with Gasteiger partial charge in [0.15, 0.2) is 11.5 Å². The van der Waals surface area contributed by atoms with Crippen LogP contribution in [0.15, 0.2) is 36.4 Å². The number of aliphatic hydroxyl groups is 1. The number of aromatic nitrogens is 1. The molecule has 0 spiro atoms. The van der Waals surface area contributed by atoms with Gasteiger partial charge in [0.1, 0.15) is 17.9 Å². The summed E-state index contributed by atoms with van der Waals surface area (Å²) in [5.41, 5.74) is 7.45. The average molecular weight is 498 g/mol. The Labute approximate surface area is 209 Å². The standard InChI is InChI=1S/C26H31N3O7/c1-4-17(29-25(31)16-9-10-19(34-3)21(13-16)35-12-6-11-30)14-36-20-8-5-7-18-23(20)24(27)22(26(32)33)15(2)28-18/h5,7-10,13,17,30H,4,6,11-12,14H2,1-3H3,(H2,27,28)(H,29,31)(H,32,33). The lowest BCUT2D eigenvalue weighted by Crippen LogP contribution is -2.38. The van der Waals surface area contributed by atoms with Crippen LogP contribution >= 0.6 is 0 Å². The lowest BCUT2D eigenvalue weighted by atomic mass is 10.1. The Bertz CT molecular complexity index is 1250. The number of anilines is 1. The van der Waals surface area contributed by atoms with Crippen molar-refractivity contribution < 1.29 is 34.0 Å². The highest BCUT2D eigenvalue weighted by atomic mass is 16.5. The number of benzene rings is 2. The largest absolute Gasteiger partial charge is 0.493 e. The van der Waals surface area contributed by atoms with E-state index in [2.05, 4.69) is 10.3 Å². The number of aromatic carboxylic acids is 1. The van der Waals surface area contributed by atoms with Crippen molar-refractivity contribution in [1.82, 2.24) is 10.3 Å². The summed E-state index contributed by atoms with van der Waals surface area (Å²) in [5, 5.41) is 21.9. The third-order valence-electron chi connectivity index (χ3n) is 5.66. The molecule has 1 heterocycles. The zero-order valence-electron chi connectivity index (χ0n) is 20.5. The fraction of sp³-hybridized carbons (Fsp3) is 0.346. The Hall–Kier alpha value is -4.05. The van der Waals surface area contributed by atoms with Gasteiger partial charge in [-0.15, -0.1) is 0 Å². The fourth-order valence-electron chi connectivity index (χ4n) is 3.73. The van der Waals surface area contributed by atoms with Crippen LogP contribution < -0.4 is 25.3 Å². The van der Waals surface area contributed by atoms with Crippen LogP contribution in [0.3, 0.4) is 0 Å². The number of carboxylic acids is 1. The van der Waals surface area contributed by atoms with Gasteiger partial charge in [-0.1, -0.05) is 13.0 Å². The summed E-state index contributed by atoms with van der Waals surface area (Å²) in [4.78, 5) is 29.0. The van der Waals surface area contributed by atoms with Crippen molar-refractivity contribution >= 4 is 28.5 Å². The zero-order valence-corrected chi connectivity index (χ0v) is 20.5. The number of nitrogens with two attached hydrogens (primary N) is 1. The van der Waals surface area contributed by atoms with Crippen LogP contribution in [0.2, 0.25) is 0 Å². The maximum atomic E-state index is 12.9. The molecule has 1 unspecified atom stereocenters. The molecule has 0 aliphatic carbocycles. The monoisotopic (exact) mass is 497 g/mol. The van der Waals surface area contributed by atoms with Gasteiger partial charge in [0.25, 0.3) is 5.91 Å². The minimum Gasteiger partial charge on any atom is -0.493 e. The van der Waals surface area contributed by atoms with Crippen molar-refractivity contribution in [2.45, 2.75) is 32.7 Å². The van der Waals surface area contributed by atoms with E-state index in [9.17, 15) is 14.7 Å². The van der Waals surface area contributed by atoms with Crippen molar-refractivity contribution in [2.75, 3.05) is 32.7 Å². The molecule has 0 bridgehead atoms. The highest BCUT2D eigenvalue weighted by Gasteiger charge is 2.20. The molecule has 10 nitrogen and oxygen atoms in total. The summed E-state index contributed by atoms with van der Waals surface area (Å²) >= 11 is 0. The van der Waals surface area contributed by atoms with Crippen LogP contribution in [0, 0.1) is 6.92 Å². The summed E-state index contributed by atoms with van der Waals surface area (Å²) in [6, 6.07) is 9.70. The van der Waals surface area contributed by atoms with Crippen molar-refractivity contribution in [3.63, 3.8) is 0 Å². The third-order valence-corrected chi connectivity index (χ3v) is 5.66. The van der Waals surface area contributed by atoms with E-state index in [1.54, 1.807) is 43.3 Å². The predicted molar refractivity (Wildman–Crippen MR) is 135 cm³/mol. The van der Waals surface area contributed by atoms with Gasteiger partial charge in [-0.05, 0) is 43.7 Å². The number of nitrogens with zero attached hydrogens (tertiary/aromatic N) is 1. The van der Waals surface area contributed by atoms with Crippen LogP contribution in [0.4, 0.5) is 5.69 Å². The first-order valence-electron chi connectivity index (χ1n) is 11.6. The number of hydrogen-bond acceptors (Lipinski definition) is 8. The summed E-state index contributed by atoms with van der Waals surface area (Å²) in [6.45, 7) is 3.92. The van der Waals surface area contributed by atoms with Crippen LogP contribution in [0.5, 0.6) is 17.2 Å². The smallest absolute Gasteiger partial charge is 0.339 e. The first kappa shape index (κ1) is 26.6. The Morgan fingerprint density at radius 3 is 2.58 bits per heavy atom. The van der Waals surface area contributed by atoms with Gasteiger partial charge >= 0.3 is 5.97 Å². The second-order valence-corrected chi connectivity index (χ2v) is 8.12. The number of amides is 1. The van der Waals surface area contributed by atoms with Gasteiger partial charge in [-0.3, -0.25) is 9.78 Å². The molecule has 36 heavy (non-hydrogen) atoms. The average Bonchev–Trinajstić information content (AvgIpc) is 2.85. The maximum Gasteiger partial charge on any atom is 0.339 e. The van der Waals surface area contributed by atoms with E-state index in [4.69, 9.17) is 25.1 Å². The number of aryl methyl sites for hydroxylation is 1. The molecule has 10 heteroatoms. The fourth-order valence-corrected chi connectivity index (χ4v) is 3.73. The Balaban J connectivity index is 1.76. The highest BCUT2D eigenvalue weighted by Crippen LogP contribution is 2.33. The molecular weight excluding hydrogens is 466 g/mol. The third kappa shape index (κ3) is 5.95. The Morgan fingerprint density at radius 1 is 1.14 bits per heavy atom. The predicted octanol–water partition coefficient (Wildman–Crippen LogP) is 3.18. The summed E-state index contributed by atoms with van der Waals surface area (Å²) < 4.78 is 16.9. The van der Waals surface area contributed by atoms with Crippen molar-refractivity contribution in [1.29, 1.82) is 0 Å². The van der Waals surface area contributed by atoms with E-state index in [-0.39, 0.29) is 43.0 Å². The molecule has 0 saturated carbocycles. The molecule has 3 aromatic rings. The van der Waals surface area contributed by atoms with Gasteiger partial charge < -0.3 is 35.5 Å². The molecule has 192 valence electrons. The number of nitrogen functional groups attached to an aromatic ring is 1. The summed E-state index contributed by atoms with van der Waals surface area (Å²) in [7, 11) is 1.51. The number of hydrogen-bond donors (Lipinski definition) is 4. The molecule has 3 rings (SSSR count). The van der Waals surface area contributed by atoms with E-state index in [1.807, 2.05) is 6.92 Å². The minimum atomic E-state index is -1.16. The number of carbonyl (C=O) groups is 2. The van der Waals surface area contributed by atoms with Gasteiger partial charge in [0.2, 0.25) is 0 Å². The number of pyridine rings is 1. The SMILES string of the molecule is CCC(COc1cccc2nc(C)c(C(=O)O)c(N)c12)NC(=O)c1ccc(OC)c(OCCCO)c1. The van der Waals surface area contributed by atoms with Gasteiger partial charge in [-0.25, -0.2) is 4.79 Å². The number of methoxy groups -OCH3 is 1. The van der Waals surface area contributed by atoms with E-state index < -0.39 is 5.97 Å². The molecule has 1 aromatic heterocycles. The normalized spacial score (nSPS) is 11.7. The number of nitrogens with one attached hydrogen (secondary N) is 1. The highest BCUT2D eigenvalue weighted by molar-refractivity contribution is 6.06. The molecule has 0 aliphatic heterocycles. The Morgan fingerprint density at radius 2 is 1.92 bits per heavy atom. The second-order valence-electron chi connectivity index (χ2n) is 8.12. The minimum absolute atomic E-state index is 0.00366. The molecule has 1 atom stereocenters. The lowest BCUT2D eigenvalue weighted by molar-refractivity contribution is 0.0696. The second kappa shape index (κ2) is 12.1. The van der Waals surface area contributed by atoms with Crippen LogP contribution in [0.1, 0.15) is 46.2 Å². The van der Waals surface area contributed by atoms with Gasteiger partial charge in [0, 0.05) is 18.6 Å². The molecular formula is C26H31N3O7. The number of aliphatic hydroxyl groups excluding tert-OH is 1. The van der Waals surface area contributed by atoms with E-state index in [0.717, 1.165) is 0 Å². The van der Waals surface area contributed by atoms with E-state index >= 15 is 0 Å².